The van der Waals surface area contributed by atoms with Crippen molar-refractivity contribution in [3.8, 4) is 0 Å². The zero-order chi connectivity index (χ0) is 10.7. The Kier molecular flexibility index (Phi) is 8.09. The summed E-state index contributed by atoms with van der Waals surface area (Å²) in [5, 5.41) is 4.12. The first-order valence-electron chi connectivity index (χ1n) is 5.33. The second-order valence-electron chi connectivity index (χ2n) is 3.86. The first-order valence-corrected chi connectivity index (χ1v) is 5.71. The second kappa shape index (κ2) is 8.11. The second-order valence-corrected chi connectivity index (χ2v) is 4.27. The molecule has 1 aromatic heterocycles. The van der Waals surface area contributed by atoms with Gasteiger partial charge in [-0.05, 0) is 18.6 Å². The third-order valence-electron chi connectivity index (χ3n) is 2.95. The van der Waals surface area contributed by atoms with E-state index in [1.165, 1.54) is 5.56 Å². The number of pyridine rings is 1. The van der Waals surface area contributed by atoms with Gasteiger partial charge in [0.2, 0.25) is 0 Å². The van der Waals surface area contributed by atoms with Crippen molar-refractivity contribution in [1.29, 1.82) is 0 Å². The number of nitrogens with zero attached hydrogens (tertiary/aromatic N) is 2. The highest BCUT2D eigenvalue weighted by molar-refractivity contribution is 6.31. The molecular formula is C11H18Cl3N3. The fraction of sp³-hybridized carbons (Fsp3) is 0.545. The normalized spacial score (nSPS) is 17.8. The van der Waals surface area contributed by atoms with Crippen molar-refractivity contribution in [2.75, 3.05) is 26.2 Å². The first kappa shape index (κ1) is 16.9. The molecule has 0 amide bonds. The molecule has 1 aromatic rings. The molecule has 1 N–H and O–H groups in total. The number of piperazine rings is 1. The first-order chi connectivity index (χ1) is 7.29. The lowest BCUT2D eigenvalue weighted by molar-refractivity contribution is 0.185. The summed E-state index contributed by atoms with van der Waals surface area (Å²) in [7, 11) is 0. The monoisotopic (exact) mass is 297 g/mol. The van der Waals surface area contributed by atoms with Crippen LogP contribution in [-0.4, -0.2) is 36.1 Å². The van der Waals surface area contributed by atoms with E-state index in [1.807, 2.05) is 6.07 Å². The lowest BCUT2D eigenvalue weighted by atomic mass is 10.1. The predicted octanol–water partition coefficient (Wildman–Crippen LogP) is 2.54. The van der Waals surface area contributed by atoms with Gasteiger partial charge in [0.05, 0.1) is 5.02 Å². The van der Waals surface area contributed by atoms with E-state index in [-0.39, 0.29) is 24.8 Å². The predicted molar refractivity (Wildman–Crippen MR) is 76.6 cm³/mol. The Morgan fingerprint density at radius 3 is 2.59 bits per heavy atom. The maximum atomic E-state index is 6.13. The molecule has 2 rings (SSSR count). The van der Waals surface area contributed by atoms with Crippen LogP contribution in [0.5, 0.6) is 0 Å². The van der Waals surface area contributed by atoms with E-state index >= 15 is 0 Å². The molecule has 1 aliphatic rings. The molecule has 0 aliphatic carbocycles. The summed E-state index contributed by atoms with van der Waals surface area (Å²) in [6, 6.07) is 2.39. The van der Waals surface area contributed by atoms with Crippen LogP contribution in [0.1, 0.15) is 18.5 Å². The van der Waals surface area contributed by atoms with Gasteiger partial charge in [-0.25, -0.2) is 0 Å². The highest BCUT2D eigenvalue weighted by Crippen LogP contribution is 2.26. The van der Waals surface area contributed by atoms with Gasteiger partial charge in [0, 0.05) is 44.6 Å². The van der Waals surface area contributed by atoms with Gasteiger partial charge >= 0.3 is 0 Å². The topological polar surface area (TPSA) is 28.2 Å². The number of nitrogens with one attached hydrogen (secondary N) is 1. The Morgan fingerprint density at radius 2 is 2.00 bits per heavy atom. The number of hydrogen-bond donors (Lipinski definition) is 1. The van der Waals surface area contributed by atoms with Gasteiger partial charge in [0.15, 0.2) is 0 Å². The molecule has 6 heteroatoms. The van der Waals surface area contributed by atoms with E-state index in [2.05, 4.69) is 22.1 Å². The molecule has 0 spiro atoms. The van der Waals surface area contributed by atoms with Crippen LogP contribution in [-0.2, 0) is 0 Å². The van der Waals surface area contributed by atoms with Crippen molar-refractivity contribution in [2.45, 2.75) is 13.0 Å². The lowest BCUT2D eigenvalue weighted by Gasteiger charge is -2.33. The van der Waals surface area contributed by atoms with Gasteiger partial charge in [-0.15, -0.1) is 24.8 Å². The molecule has 1 atom stereocenters. The third-order valence-corrected chi connectivity index (χ3v) is 3.27. The van der Waals surface area contributed by atoms with Gasteiger partial charge in [0.25, 0.3) is 0 Å². The van der Waals surface area contributed by atoms with Crippen LogP contribution in [0, 0.1) is 0 Å². The molecule has 1 saturated heterocycles. The molecule has 1 aliphatic heterocycles. The maximum absolute atomic E-state index is 6.13. The summed E-state index contributed by atoms with van der Waals surface area (Å²) in [6.45, 7) is 6.49. The molecule has 0 bridgehead atoms. The molecule has 17 heavy (non-hydrogen) atoms. The Hall–Kier alpha value is -0.0600. The van der Waals surface area contributed by atoms with Gasteiger partial charge in [-0.3, -0.25) is 9.88 Å². The van der Waals surface area contributed by atoms with Crippen molar-refractivity contribution in [3.63, 3.8) is 0 Å². The SMILES string of the molecule is C[C@H](c1ccncc1Cl)N1CCNCC1.Cl.Cl. The molecule has 0 unspecified atom stereocenters. The minimum absolute atomic E-state index is 0. The minimum atomic E-state index is 0. The van der Waals surface area contributed by atoms with Crippen LogP contribution in [0.2, 0.25) is 5.02 Å². The number of rotatable bonds is 2. The fourth-order valence-corrected chi connectivity index (χ4v) is 2.27. The molecule has 3 nitrogen and oxygen atoms in total. The lowest BCUT2D eigenvalue weighted by Crippen LogP contribution is -2.44. The van der Waals surface area contributed by atoms with Crippen LogP contribution in [0.25, 0.3) is 0 Å². The van der Waals surface area contributed by atoms with Crippen LogP contribution >= 0.6 is 36.4 Å². The zero-order valence-electron chi connectivity index (χ0n) is 9.73. The zero-order valence-corrected chi connectivity index (χ0v) is 12.1. The summed E-state index contributed by atoms with van der Waals surface area (Å²) in [5.74, 6) is 0. The highest BCUT2D eigenvalue weighted by Gasteiger charge is 2.19. The van der Waals surface area contributed by atoms with E-state index in [0.717, 1.165) is 31.2 Å². The standard InChI is InChI=1S/C11H16ClN3.2ClH/c1-9(15-6-4-13-5-7-15)10-2-3-14-8-11(10)12;;/h2-3,8-9,13H,4-7H2,1H3;2*1H/t9-;;/m1../s1. The average molecular weight is 299 g/mol. The van der Waals surface area contributed by atoms with Crippen LogP contribution in [0.3, 0.4) is 0 Å². The number of aromatic nitrogens is 1. The van der Waals surface area contributed by atoms with Crippen LogP contribution < -0.4 is 5.32 Å². The van der Waals surface area contributed by atoms with E-state index in [9.17, 15) is 0 Å². The number of halogens is 3. The van der Waals surface area contributed by atoms with Gasteiger partial charge in [-0.1, -0.05) is 11.6 Å². The Labute approximate surface area is 120 Å². The van der Waals surface area contributed by atoms with Crippen molar-refractivity contribution in [2.24, 2.45) is 0 Å². The maximum Gasteiger partial charge on any atom is 0.0637 e. The molecule has 0 radical (unpaired) electrons. The molecule has 0 aromatic carbocycles. The fourth-order valence-electron chi connectivity index (χ4n) is 1.99. The highest BCUT2D eigenvalue weighted by atomic mass is 35.5. The van der Waals surface area contributed by atoms with Gasteiger partial charge in [0.1, 0.15) is 0 Å². The summed E-state index contributed by atoms with van der Waals surface area (Å²) in [4.78, 5) is 6.45. The molecule has 1 fully saturated rings. The van der Waals surface area contributed by atoms with E-state index < -0.39 is 0 Å². The van der Waals surface area contributed by atoms with E-state index in [4.69, 9.17) is 11.6 Å². The molecule has 98 valence electrons. The molecule has 0 saturated carbocycles. The largest absolute Gasteiger partial charge is 0.314 e. The smallest absolute Gasteiger partial charge is 0.0637 e. The van der Waals surface area contributed by atoms with Crippen LogP contribution in [0.4, 0.5) is 0 Å². The quantitative estimate of drug-likeness (QED) is 0.909. The summed E-state index contributed by atoms with van der Waals surface area (Å²) in [6.07, 6.45) is 3.52. The molecular weight excluding hydrogens is 281 g/mol. The van der Waals surface area contributed by atoms with E-state index in [0.29, 0.717) is 6.04 Å². The summed E-state index contributed by atoms with van der Waals surface area (Å²) < 4.78 is 0. The number of hydrogen-bond acceptors (Lipinski definition) is 3. The van der Waals surface area contributed by atoms with Gasteiger partial charge in [-0.2, -0.15) is 0 Å². The van der Waals surface area contributed by atoms with E-state index in [1.54, 1.807) is 12.4 Å². The average Bonchev–Trinajstić information content (AvgIpc) is 2.30. The Morgan fingerprint density at radius 1 is 1.35 bits per heavy atom. The van der Waals surface area contributed by atoms with Crippen molar-refractivity contribution >= 4 is 36.4 Å². The van der Waals surface area contributed by atoms with Crippen molar-refractivity contribution in [3.05, 3.63) is 29.0 Å². The van der Waals surface area contributed by atoms with Gasteiger partial charge < -0.3 is 5.32 Å². The Bertz CT molecular complexity index is 329. The third kappa shape index (κ3) is 4.27. The van der Waals surface area contributed by atoms with Crippen LogP contribution in [0.15, 0.2) is 18.5 Å². The van der Waals surface area contributed by atoms with Crippen molar-refractivity contribution < 1.29 is 0 Å². The van der Waals surface area contributed by atoms with Crippen molar-refractivity contribution in [1.82, 2.24) is 15.2 Å². The Balaban J connectivity index is 0.00000128. The summed E-state index contributed by atoms with van der Waals surface area (Å²) in [5.41, 5.74) is 1.17. The minimum Gasteiger partial charge on any atom is -0.314 e. The summed E-state index contributed by atoms with van der Waals surface area (Å²) >= 11 is 6.13. The molecule has 2 heterocycles.